The average molecular weight is 919 g/mol. The average Bonchev–Trinajstić information content (AvgIpc) is 3.31. The second kappa shape index (κ2) is 54.2. The van der Waals surface area contributed by atoms with Crippen LogP contribution in [0.3, 0.4) is 0 Å². The smallest absolute Gasteiger partial charge is 0.306 e. The van der Waals surface area contributed by atoms with Crippen molar-refractivity contribution in [3.05, 3.63) is 85.1 Å². The molecule has 66 heavy (non-hydrogen) atoms. The predicted molar refractivity (Wildman–Crippen MR) is 284 cm³/mol. The molecule has 0 radical (unpaired) electrons. The molecular weight excluding hydrogens is 817 g/mol. The fraction of sp³-hybridized carbons (Fsp3) is 0.717. The van der Waals surface area contributed by atoms with Crippen molar-refractivity contribution in [3.63, 3.8) is 0 Å². The van der Waals surface area contributed by atoms with Gasteiger partial charge in [-0.2, -0.15) is 0 Å². The van der Waals surface area contributed by atoms with Gasteiger partial charge in [0.2, 0.25) is 0 Å². The van der Waals surface area contributed by atoms with Crippen LogP contribution >= 0.6 is 0 Å². The molecule has 0 aromatic carbocycles. The summed E-state index contributed by atoms with van der Waals surface area (Å²) in [7, 11) is 0. The lowest BCUT2D eigenvalue weighted by molar-refractivity contribution is -0.167. The maximum atomic E-state index is 12.8. The quantitative estimate of drug-likeness (QED) is 0.0262. The fourth-order valence-corrected chi connectivity index (χ4v) is 7.50. The van der Waals surface area contributed by atoms with Gasteiger partial charge in [0, 0.05) is 19.3 Å². The molecule has 0 amide bonds. The van der Waals surface area contributed by atoms with Crippen molar-refractivity contribution >= 4 is 17.9 Å². The third kappa shape index (κ3) is 51.6. The monoisotopic (exact) mass is 919 g/mol. The highest BCUT2D eigenvalue weighted by molar-refractivity contribution is 5.71. The number of carbonyl (C=O) groups excluding carboxylic acids is 3. The lowest BCUT2D eigenvalue weighted by Gasteiger charge is -2.18. The predicted octanol–water partition coefficient (Wildman–Crippen LogP) is 18.4. The van der Waals surface area contributed by atoms with Crippen molar-refractivity contribution in [3.8, 4) is 0 Å². The lowest BCUT2D eigenvalue weighted by atomic mass is 10.1. The number of hydrogen-bond acceptors (Lipinski definition) is 6. The second-order valence-electron chi connectivity index (χ2n) is 18.1. The number of unbranched alkanes of at least 4 members (excludes halogenated alkanes) is 24. The van der Waals surface area contributed by atoms with Gasteiger partial charge in [0.05, 0.1) is 0 Å². The van der Waals surface area contributed by atoms with E-state index in [0.29, 0.717) is 19.3 Å². The Morgan fingerprint density at radius 1 is 0.318 bits per heavy atom. The summed E-state index contributed by atoms with van der Waals surface area (Å²) in [6.45, 7) is 6.48. The third-order valence-electron chi connectivity index (χ3n) is 11.6. The summed E-state index contributed by atoms with van der Waals surface area (Å²) in [5, 5.41) is 0. The minimum Gasteiger partial charge on any atom is -0.462 e. The van der Waals surface area contributed by atoms with Crippen LogP contribution in [0.2, 0.25) is 0 Å². The summed E-state index contributed by atoms with van der Waals surface area (Å²) in [5.41, 5.74) is 0. The van der Waals surface area contributed by atoms with Crippen molar-refractivity contribution in [1.29, 1.82) is 0 Å². The second-order valence-corrected chi connectivity index (χ2v) is 18.1. The summed E-state index contributed by atoms with van der Waals surface area (Å²) >= 11 is 0. The topological polar surface area (TPSA) is 78.9 Å². The van der Waals surface area contributed by atoms with Crippen LogP contribution < -0.4 is 0 Å². The van der Waals surface area contributed by atoms with Gasteiger partial charge in [-0.3, -0.25) is 14.4 Å². The Morgan fingerprint density at radius 3 is 0.970 bits per heavy atom. The SMILES string of the molecule is CC/C=C\C/C=C\C/C=C\C/C=C\C/C=C\C/C=C\CCCCC(=O)OCC(COC(=O)CCCCCCCCCCCCC)OC(=O)CCCCCCC/C=C\CCCCCCCCC. The van der Waals surface area contributed by atoms with E-state index in [1.807, 2.05) is 0 Å². The Bertz CT molecular complexity index is 1290. The van der Waals surface area contributed by atoms with Crippen LogP contribution in [0, 0.1) is 0 Å². The number of rotatable bonds is 49. The molecule has 0 fully saturated rings. The van der Waals surface area contributed by atoms with E-state index in [1.54, 1.807) is 0 Å². The first-order valence-corrected chi connectivity index (χ1v) is 27.6. The van der Waals surface area contributed by atoms with Gasteiger partial charge in [0.15, 0.2) is 6.10 Å². The van der Waals surface area contributed by atoms with E-state index in [1.165, 1.54) is 109 Å². The standard InChI is InChI=1S/C60H102O6/c1-4-7-10-13-16-19-22-24-26-28-29-30-31-32-34-35-38-41-44-47-50-53-59(62)65-56-57(55-64-58(61)52-49-46-43-40-37-21-18-15-12-9-6-3)66-60(63)54-51-48-45-42-39-36-33-27-25-23-20-17-14-11-8-5-2/h7,10,16,19,24,26-27,29-30,32-34,38,41,57H,4-6,8-9,11-15,17-18,20-23,25,28,31,35-37,39-40,42-56H2,1-3H3/b10-7-,19-16-,26-24-,30-29-,33-27-,34-32-,41-38-. The molecule has 0 spiro atoms. The Labute approximate surface area is 407 Å². The van der Waals surface area contributed by atoms with E-state index >= 15 is 0 Å². The largest absolute Gasteiger partial charge is 0.462 e. The molecule has 0 aromatic heterocycles. The normalized spacial score (nSPS) is 12.7. The maximum absolute atomic E-state index is 12.8. The summed E-state index contributed by atoms with van der Waals surface area (Å²) in [6.07, 6.45) is 70.0. The minimum absolute atomic E-state index is 0.0922. The molecule has 0 aromatic rings. The van der Waals surface area contributed by atoms with Crippen molar-refractivity contribution in [2.75, 3.05) is 13.2 Å². The van der Waals surface area contributed by atoms with Crippen molar-refractivity contribution in [2.45, 2.75) is 264 Å². The van der Waals surface area contributed by atoms with E-state index in [0.717, 1.165) is 109 Å². The van der Waals surface area contributed by atoms with Crippen molar-refractivity contribution in [2.24, 2.45) is 0 Å². The van der Waals surface area contributed by atoms with Crippen molar-refractivity contribution < 1.29 is 28.6 Å². The molecule has 0 rings (SSSR count). The first-order valence-electron chi connectivity index (χ1n) is 27.6. The van der Waals surface area contributed by atoms with Crippen LogP contribution in [0.1, 0.15) is 258 Å². The molecule has 0 N–H and O–H groups in total. The first kappa shape index (κ1) is 62.6. The zero-order valence-corrected chi connectivity index (χ0v) is 43.2. The number of allylic oxidation sites excluding steroid dienone is 14. The van der Waals surface area contributed by atoms with E-state index < -0.39 is 6.10 Å². The summed E-state index contributed by atoms with van der Waals surface area (Å²) in [4.78, 5) is 38.0. The van der Waals surface area contributed by atoms with Gasteiger partial charge in [0.25, 0.3) is 0 Å². The molecular formula is C60H102O6. The van der Waals surface area contributed by atoms with Crippen molar-refractivity contribution in [1.82, 2.24) is 0 Å². The molecule has 6 nitrogen and oxygen atoms in total. The van der Waals surface area contributed by atoms with Gasteiger partial charge in [-0.05, 0) is 96.3 Å². The molecule has 1 atom stereocenters. The summed E-state index contributed by atoms with van der Waals surface area (Å²) in [5.74, 6) is -0.943. The maximum Gasteiger partial charge on any atom is 0.306 e. The van der Waals surface area contributed by atoms with E-state index in [4.69, 9.17) is 14.2 Å². The van der Waals surface area contributed by atoms with Crippen LogP contribution in [-0.4, -0.2) is 37.2 Å². The molecule has 0 aliphatic heterocycles. The molecule has 1 unspecified atom stereocenters. The molecule has 6 heteroatoms. The summed E-state index contributed by atoms with van der Waals surface area (Å²) < 4.78 is 16.8. The van der Waals surface area contributed by atoms with E-state index in [-0.39, 0.29) is 31.1 Å². The van der Waals surface area contributed by atoms with E-state index in [9.17, 15) is 14.4 Å². The highest BCUT2D eigenvalue weighted by Gasteiger charge is 2.19. The highest BCUT2D eigenvalue weighted by atomic mass is 16.6. The Balaban J connectivity index is 4.44. The third-order valence-corrected chi connectivity index (χ3v) is 11.6. The zero-order valence-electron chi connectivity index (χ0n) is 43.2. The molecule has 0 saturated carbocycles. The van der Waals surface area contributed by atoms with Gasteiger partial charge < -0.3 is 14.2 Å². The van der Waals surface area contributed by atoms with Crippen LogP contribution in [-0.2, 0) is 28.6 Å². The molecule has 0 bridgehead atoms. The summed E-state index contributed by atoms with van der Waals surface area (Å²) in [6, 6.07) is 0. The van der Waals surface area contributed by atoms with Crippen LogP contribution in [0.5, 0.6) is 0 Å². The number of hydrogen-bond donors (Lipinski definition) is 0. The lowest BCUT2D eigenvalue weighted by Crippen LogP contribution is -2.30. The van der Waals surface area contributed by atoms with Crippen LogP contribution in [0.4, 0.5) is 0 Å². The zero-order chi connectivity index (χ0) is 47.9. The van der Waals surface area contributed by atoms with E-state index in [2.05, 4.69) is 106 Å². The van der Waals surface area contributed by atoms with Gasteiger partial charge >= 0.3 is 17.9 Å². The molecule has 0 aliphatic rings. The molecule has 0 saturated heterocycles. The number of esters is 3. The molecule has 0 heterocycles. The van der Waals surface area contributed by atoms with Gasteiger partial charge in [-0.15, -0.1) is 0 Å². The molecule has 378 valence electrons. The number of ether oxygens (including phenoxy) is 3. The minimum atomic E-state index is -0.797. The van der Waals surface area contributed by atoms with Crippen LogP contribution in [0.15, 0.2) is 85.1 Å². The van der Waals surface area contributed by atoms with Gasteiger partial charge in [-0.1, -0.05) is 228 Å². The first-order chi connectivity index (χ1) is 32.5. The molecule has 0 aliphatic carbocycles. The highest BCUT2D eigenvalue weighted by Crippen LogP contribution is 2.14. The fourth-order valence-electron chi connectivity index (χ4n) is 7.50. The van der Waals surface area contributed by atoms with Gasteiger partial charge in [-0.25, -0.2) is 0 Å². The Kier molecular flexibility index (Phi) is 51.4. The van der Waals surface area contributed by atoms with Gasteiger partial charge in [0.1, 0.15) is 13.2 Å². The number of carbonyl (C=O) groups is 3. The Morgan fingerprint density at radius 2 is 0.591 bits per heavy atom. The Hall–Kier alpha value is -3.41. The van der Waals surface area contributed by atoms with Crippen LogP contribution in [0.25, 0.3) is 0 Å².